The highest BCUT2D eigenvalue weighted by Crippen LogP contribution is 2.32. The van der Waals surface area contributed by atoms with Crippen molar-refractivity contribution in [1.82, 2.24) is 4.98 Å². The number of hydrogen-bond acceptors (Lipinski definition) is 2. The number of rotatable bonds is 0. The van der Waals surface area contributed by atoms with Crippen molar-refractivity contribution in [2.24, 2.45) is 0 Å². The van der Waals surface area contributed by atoms with Crippen LogP contribution >= 0.6 is 15.9 Å². The Morgan fingerprint density at radius 2 is 1.79 bits per heavy atom. The number of aromatic amines is 1. The molecule has 1 N–H and O–H groups in total. The zero-order chi connectivity index (χ0) is 13.0. The quantitative estimate of drug-likeness (QED) is 0.529. The number of furan rings is 1. The van der Waals surface area contributed by atoms with Gasteiger partial charge in [0.2, 0.25) is 0 Å². The van der Waals surface area contributed by atoms with Crippen LogP contribution in [0.4, 0.5) is 0 Å². The third-order valence-corrected chi connectivity index (χ3v) is 3.80. The lowest BCUT2D eigenvalue weighted by Crippen LogP contribution is -2.05. The van der Waals surface area contributed by atoms with Crippen molar-refractivity contribution in [2.75, 3.05) is 0 Å². The van der Waals surface area contributed by atoms with Gasteiger partial charge >= 0.3 is 0 Å². The normalized spacial score (nSPS) is 11.6. The molecule has 4 heteroatoms. The zero-order valence-corrected chi connectivity index (χ0v) is 11.3. The van der Waals surface area contributed by atoms with Crippen LogP contribution < -0.4 is 5.56 Å². The van der Waals surface area contributed by atoms with Gasteiger partial charge in [0.25, 0.3) is 5.56 Å². The molecule has 0 aliphatic heterocycles. The summed E-state index contributed by atoms with van der Waals surface area (Å²) in [5.74, 6) is 0. The van der Waals surface area contributed by atoms with Crippen molar-refractivity contribution in [1.29, 1.82) is 0 Å². The van der Waals surface area contributed by atoms with Crippen LogP contribution in [-0.4, -0.2) is 4.98 Å². The fraction of sp³-hybridized carbons (Fsp3) is 0. The van der Waals surface area contributed by atoms with E-state index in [4.69, 9.17) is 4.42 Å². The molecule has 0 fully saturated rings. The van der Waals surface area contributed by atoms with Crippen molar-refractivity contribution >= 4 is 48.8 Å². The average Bonchev–Trinajstić information content (AvgIpc) is 2.77. The van der Waals surface area contributed by atoms with Gasteiger partial charge in [-0.1, -0.05) is 34.1 Å². The summed E-state index contributed by atoms with van der Waals surface area (Å²) in [6, 6.07) is 13.2. The average molecular weight is 314 g/mol. The van der Waals surface area contributed by atoms with Gasteiger partial charge in [-0.25, -0.2) is 0 Å². The SMILES string of the molecule is O=c1[nH]c2c3ccc(Br)cc3oc2c2ccccc12. The van der Waals surface area contributed by atoms with Gasteiger partial charge in [0.05, 0.1) is 10.9 Å². The Balaban J connectivity index is 2.35. The number of pyridine rings is 1. The van der Waals surface area contributed by atoms with Gasteiger partial charge in [-0.2, -0.15) is 0 Å². The maximum atomic E-state index is 12.1. The second-order valence-corrected chi connectivity index (χ2v) is 5.36. The van der Waals surface area contributed by atoms with Gasteiger partial charge in [0.15, 0.2) is 5.58 Å². The lowest BCUT2D eigenvalue weighted by molar-refractivity contribution is 0.671. The van der Waals surface area contributed by atoms with E-state index in [-0.39, 0.29) is 5.56 Å². The standard InChI is InChI=1S/C15H8BrNO2/c16-8-5-6-11-12(7-8)19-14-9-3-1-2-4-10(9)15(18)17-13(11)14/h1-7H,(H,17,18). The van der Waals surface area contributed by atoms with Gasteiger partial charge < -0.3 is 9.40 Å². The highest BCUT2D eigenvalue weighted by Gasteiger charge is 2.12. The Labute approximate surface area is 116 Å². The molecule has 2 heterocycles. The van der Waals surface area contributed by atoms with E-state index in [1.807, 2.05) is 36.4 Å². The maximum absolute atomic E-state index is 12.1. The third-order valence-electron chi connectivity index (χ3n) is 3.31. The molecule has 2 aromatic carbocycles. The lowest BCUT2D eigenvalue weighted by Gasteiger charge is -1.96. The topological polar surface area (TPSA) is 46.0 Å². The summed E-state index contributed by atoms with van der Waals surface area (Å²) in [7, 11) is 0. The number of benzene rings is 2. The molecule has 0 unspecified atom stereocenters. The minimum Gasteiger partial charge on any atom is -0.454 e. The van der Waals surface area contributed by atoms with Gasteiger partial charge in [0.1, 0.15) is 5.58 Å². The van der Waals surface area contributed by atoms with Crippen LogP contribution in [0.3, 0.4) is 0 Å². The van der Waals surface area contributed by atoms with Gasteiger partial charge in [-0.05, 0) is 24.3 Å². The first kappa shape index (κ1) is 10.8. The number of halogens is 1. The molecule has 4 rings (SSSR count). The van der Waals surface area contributed by atoms with E-state index in [2.05, 4.69) is 20.9 Å². The van der Waals surface area contributed by atoms with Crippen LogP contribution in [0, 0.1) is 0 Å². The second-order valence-electron chi connectivity index (χ2n) is 4.45. The smallest absolute Gasteiger partial charge is 0.256 e. The molecule has 0 saturated carbocycles. The first-order valence-electron chi connectivity index (χ1n) is 5.87. The molecule has 2 aromatic heterocycles. The van der Waals surface area contributed by atoms with E-state index in [0.29, 0.717) is 5.39 Å². The summed E-state index contributed by atoms with van der Waals surface area (Å²) < 4.78 is 6.85. The molecule has 92 valence electrons. The van der Waals surface area contributed by atoms with E-state index in [0.717, 1.165) is 31.9 Å². The summed E-state index contributed by atoms with van der Waals surface area (Å²) in [4.78, 5) is 15.0. The number of aromatic nitrogens is 1. The summed E-state index contributed by atoms with van der Waals surface area (Å²) >= 11 is 3.42. The predicted octanol–water partition coefficient (Wildman–Crippen LogP) is 4.19. The van der Waals surface area contributed by atoms with Crippen LogP contribution in [0.2, 0.25) is 0 Å². The van der Waals surface area contributed by atoms with Crippen LogP contribution in [-0.2, 0) is 0 Å². The summed E-state index contributed by atoms with van der Waals surface area (Å²) in [5, 5.41) is 2.41. The first-order valence-corrected chi connectivity index (χ1v) is 6.66. The largest absolute Gasteiger partial charge is 0.454 e. The molecular formula is C15H8BrNO2. The molecule has 0 radical (unpaired) electrons. The molecule has 0 aliphatic carbocycles. The second kappa shape index (κ2) is 3.71. The van der Waals surface area contributed by atoms with E-state index in [1.54, 1.807) is 6.07 Å². The van der Waals surface area contributed by atoms with E-state index < -0.39 is 0 Å². The minimum atomic E-state index is -0.0891. The highest BCUT2D eigenvalue weighted by molar-refractivity contribution is 9.10. The molecule has 0 bridgehead atoms. The van der Waals surface area contributed by atoms with Crippen molar-refractivity contribution < 1.29 is 4.42 Å². The molecule has 4 aromatic rings. The molecule has 19 heavy (non-hydrogen) atoms. The van der Waals surface area contributed by atoms with Crippen LogP contribution in [0.1, 0.15) is 0 Å². The first-order chi connectivity index (χ1) is 9.24. The lowest BCUT2D eigenvalue weighted by atomic mass is 10.1. The highest BCUT2D eigenvalue weighted by atomic mass is 79.9. The van der Waals surface area contributed by atoms with E-state index in [9.17, 15) is 4.79 Å². The fourth-order valence-corrected chi connectivity index (χ4v) is 2.78. The van der Waals surface area contributed by atoms with Crippen LogP contribution in [0.15, 0.2) is 56.1 Å². The van der Waals surface area contributed by atoms with Gasteiger partial charge in [-0.3, -0.25) is 4.79 Å². The Hall–Kier alpha value is -2.07. The summed E-state index contributed by atoms with van der Waals surface area (Å²) in [5.41, 5.74) is 2.15. The molecule has 0 aliphatic rings. The van der Waals surface area contributed by atoms with Crippen LogP contribution in [0.25, 0.3) is 32.8 Å². The number of fused-ring (bicyclic) bond motifs is 5. The molecule has 0 saturated heterocycles. The molecule has 3 nitrogen and oxygen atoms in total. The summed E-state index contributed by atoms with van der Waals surface area (Å²) in [6.07, 6.45) is 0. The monoisotopic (exact) mass is 313 g/mol. The van der Waals surface area contributed by atoms with E-state index >= 15 is 0 Å². The van der Waals surface area contributed by atoms with Crippen molar-refractivity contribution in [3.8, 4) is 0 Å². The Morgan fingerprint density at radius 1 is 1.00 bits per heavy atom. The number of H-pyrrole nitrogens is 1. The molecule has 0 amide bonds. The maximum Gasteiger partial charge on any atom is 0.256 e. The Morgan fingerprint density at radius 3 is 2.63 bits per heavy atom. The van der Waals surface area contributed by atoms with Crippen LogP contribution in [0.5, 0.6) is 0 Å². The van der Waals surface area contributed by atoms with Crippen molar-refractivity contribution in [3.63, 3.8) is 0 Å². The van der Waals surface area contributed by atoms with E-state index in [1.165, 1.54) is 0 Å². The number of nitrogens with one attached hydrogen (secondary N) is 1. The number of hydrogen-bond donors (Lipinski definition) is 1. The zero-order valence-electron chi connectivity index (χ0n) is 9.74. The molecule has 0 atom stereocenters. The Bertz CT molecular complexity index is 997. The Kier molecular flexibility index (Phi) is 2.11. The fourth-order valence-electron chi connectivity index (χ4n) is 2.44. The molecular weight excluding hydrogens is 306 g/mol. The minimum absolute atomic E-state index is 0.0891. The predicted molar refractivity (Wildman–Crippen MR) is 79.5 cm³/mol. The summed E-state index contributed by atoms with van der Waals surface area (Å²) in [6.45, 7) is 0. The van der Waals surface area contributed by atoms with Crippen molar-refractivity contribution in [3.05, 3.63) is 57.3 Å². The molecule has 0 spiro atoms. The third kappa shape index (κ3) is 1.47. The van der Waals surface area contributed by atoms with Gasteiger partial charge in [-0.15, -0.1) is 0 Å². The van der Waals surface area contributed by atoms with Gasteiger partial charge in [0, 0.05) is 15.2 Å². The van der Waals surface area contributed by atoms with Crippen molar-refractivity contribution in [2.45, 2.75) is 0 Å².